The lowest BCUT2D eigenvalue weighted by Gasteiger charge is -2.05. The molecule has 0 aromatic rings. The normalized spacial score (nSPS) is 19.0. The van der Waals surface area contributed by atoms with E-state index in [1.165, 1.54) is 11.3 Å². The second-order valence-electron chi connectivity index (χ2n) is 1.79. The molecule has 1 amide bonds. The zero-order valence-electron chi connectivity index (χ0n) is 4.79. The molecule has 50 valence electrons. The van der Waals surface area contributed by atoms with Gasteiger partial charge in [-0.3, -0.25) is 10.6 Å². The van der Waals surface area contributed by atoms with Gasteiger partial charge in [-0.15, -0.1) is 0 Å². The van der Waals surface area contributed by atoms with Crippen molar-refractivity contribution >= 4 is 5.91 Å². The second-order valence-corrected chi connectivity index (χ2v) is 1.79. The van der Waals surface area contributed by atoms with Gasteiger partial charge in [-0.25, -0.2) is 0 Å². The van der Waals surface area contributed by atoms with Gasteiger partial charge in [-0.2, -0.15) is 5.12 Å². The number of carbonyl (C=O) groups is 1. The van der Waals surface area contributed by atoms with Crippen molar-refractivity contribution in [2.45, 2.75) is 0 Å². The van der Waals surface area contributed by atoms with E-state index in [0.717, 1.165) is 0 Å². The molecule has 0 saturated heterocycles. The summed E-state index contributed by atoms with van der Waals surface area (Å²) in [6.07, 6.45) is 1.49. The molecule has 5 nitrogen and oxygen atoms in total. The van der Waals surface area contributed by atoms with E-state index in [4.69, 9.17) is 11.6 Å². The molecule has 0 atom stereocenters. The molecule has 0 spiro atoms. The van der Waals surface area contributed by atoms with Gasteiger partial charge in [0.05, 0.1) is 12.1 Å². The van der Waals surface area contributed by atoms with Crippen LogP contribution in [-0.2, 0) is 4.79 Å². The van der Waals surface area contributed by atoms with Crippen LogP contribution in [0.25, 0.3) is 0 Å². The van der Waals surface area contributed by atoms with Crippen LogP contribution < -0.4 is 17.0 Å². The lowest BCUT2D eigenvalue weighted by Crippen LogP contribution is -2.37. The van der Waals surface area contributed by atoms with Crippen LogP contribution >= 0.6 is 0 Å². The average Bonchev–Trinajstić information content (AvgIpc) is 2.14. The largest absolute Gasteiger partial charge is 0.366 e. The molecule has 9 heavy (non-hydrogen) atoms. The molecule has 5 heteroatoms. The van der Waals surface area contributed by atoms with Crippen molar-refractivity contribution in [3.8, 4) is 0 Å². The van der Waals surface area contributed by atoms with E-state index in [1.807, 2.05) is 0 Å². The molecule has 5 N–H and O–H groups in total. The van der Waals surface area contributed by atoms with Gasteiger partial charge in [0.2, 0.25) is 5.91 Å². The first-order chi connectivity index (χ1) is 4.20. The lowest BCUT2D eigenvalue weighted by molar-refractivity contribution is -0.114. The number of carbonyl (C=O) groups excluding carboxylic acids is 1. The highest BCUT2D eigenvalue weighted by Gasteiger charge is 2.13. The molecule has 0 saturated carbocycles. The first-order valence-electron chi connectivity index (χ1n) is 2.47. The molecular weight excluding hydrogens is 120 g/mol. The highest BCUT2D eigenvalue weighted by atomic mass is 16.1. The SMILES string of the molecule is NC(=O)C1=CNN(N)C1. The number of nitrogens with one attached hydrogen (secondary N) is 1. The van der Waals surface area contributed by atoms with Crippen molar-refractivity contribution in [3.05, 3.63) is 11.8 Å². The van der Waals surface area contributed by atoms with Crippen molar-refractivity contribution < 1.29 is 4.79 Å². The van der Waals surface area contributed by atoms with Crippen LogP contribution in [0.5, 0.6) is 0 Å². The Morgan fingerprint density at radius 2 is 2.56 bits per heavy atom. The van der Waals surface area contributed by atoms with Gasteiger partial charge in [-0.1, -0.05) is 0 Å². The molecule has 1 heterocycles. The third kappa shape index (κ3) is 1.18. The number of nitrogens with two attached hydrogens (primary N) is 2. The molecule has 1 aliphatic rings. The number of amides is 1. The van der Waals surface area contributed by atoms with Gasteiger partial charge in [0.1, 0.15) is 0 Å². The minimum Gasteiger partial charge on any atom is -0.366 e. The molecule has 0 unspecified atom stereocenters. The Labute approximate surface area is 52.2 Å². The van der Waals surface area contributed by atoms with Crippen LogP contribution in [0.15, 0.2) is 11.8 Å². The number of hydrazine groups is 2. The van der Waals surface area contributed by atoms with Gasteiger partial charge < -0.3 is 11.2 Å². The summed E-state index contributed by atoms with van der Waals surface area (Å²) in [6.45, 7) is 0.370. The van der Waals surface area contributed by atoms with E-state index >= 15 is 0 Å². The van der Waals surface area contributed by atoms with E-state index in [0.29, 0.717) is 12.1 Å². The van der Waals surface area contributed by atoms with E-state index in [9.17, 15) is 4.79 Å². The fourth-order valence-electron chi connectivity index (χ4n) is 0.585. The number of rotatable bonds is 1. The molecule has 1 rings (SSSR count). The van der Waals surface area contributed by atoms with Crippen molar-refractivity contribution in [3.63, 3.8) is 0 Å². The van der Waals surface area contributed by atoms with E-state index in [2.05, 4.69) is 5.43 Å². The van der Waals surface area contributed by atoms with Gasteiger partial charge in [0.25, 0.3) is 0 Å². The Bertz CT molecular complexity index is 164. The Morgan fingerprint density at radius 1 is 1.89 bits per heavy atom. The van der Waals surface area contributed by atoms with E-state index in [1.54, 1.807) is 0 Å². The maximum absolute atomic E-state index is 10.4. The maximum Gasteiger partial charge on any atom is 0.247 e. The summed E-state index contributed by atoms with van der Waals surface area (Å²) in [6, 6.07) is 0. The lowest BCUT2D eigenvalue weighted by atomic mass is 10.3. The van der Waals surface area contributed by atoms with Gasteiger partial charge in [0.15, 0.2) is 0 Å². The molecular formula is C4H8N4O. The Hall–Kier alpha value is -1.07. The predicted octanol–water partition coefficient (Wildman–Crippen LogP) is -1.95. The quantitative estimate of drug-likeness (QED) is 0.358. The number of hydrogen-bond acceptors (Lipinski definition) is 4. The fraction of sp³-hybridized carbons (Fsp3) is 0.250. The number of hydrogen-bond donors (Lipinski definition) is 3. The highest BCUT2D eigenvalue weighted by Crippen LogP contribution is 1.97. The van der Waals surface area contributed by atoms with Crippen molar-refractivity contribution in [2.75, 3.05) is 6.54 Å². The summed E-state index contributed by atoms with van der Waals surface area (Å²) in [5.41, 5.74) is 8.03. The minimum absolute atomic E-state index is 0.370. The number of nitrogens with zero attached hydrogens (tertiary/aromatic N) is 1. The number of primary amides is 1. The summed E-state index contributed by atoms with van der Waals surface area (Å²) >= 11 is 0. The Kier molecular flexibility index (Phi) is 1.37. The predicted molar refractivity (Wildman–Crippen MR) is 31.3 cm³/mol. The third-order valence-electron chi connectivity index (χ3n) is 1.06. The first-order valence-corrected chi connectivity index (χ1v) is 2.47. The Morgan fingerprint density at radius 3 is 2.78 bits per heavy atom. The fourth-order valence-corrected chi connectivity index (χ4v) is 0.585. The standard InChI is InChI=1S/C4H8N4O/c5-4(9)3-1-7-8(6)2-3/h1,7H,2,6H2,(H2,5,9). The van der Waals surface area contributed by atoms with Crippen LogP contribution in [0.2, 0.25) is 0 Å². The van der Waals surface area contributed by atoms with Crippen LogP contribution in [0.1, 0.15) is 0 Å². The van der Waals surface area contributed by atoms with Crippen molar-refractivity contribution in [2.24, 2.45) is 11.6 Å². The summed E-state index contributed by atoms with van der Waals surface area (Å²) in [5, 5.41) is 1.28. The molecule has 0 bridgehead atoms. The molecule has 0 fully saturated rings. The maximum atomic E-state index is 10.4. The highest BCUT2D eigenvalue weighted by molar-refractivity contribution is 5.92. The topological polar surface area (TPSA) is 84.4 Å². The monoisotopic (exact) mass is 128 g/mol. The van der Waals surface area contributed by atoms with Crippen LogP contribution in [-0.4, -0.2) is 17.6 Å². The second kappa shape index (κ2) is 2.04. The van der Waals surface area contributed by atoms with E-state index < -0.39 is 5.91 Å². The molecule has 0 aromatic carbocycles. The smallest absolute Gasteiger partial charge is 0.247 e. The van der Waals surface area contributed by atoms with Gasteiger partial charge >= 0.3 is 0 Å². The van der Waals surface area contributed by atoms with E-state index in [-0.39, 0.29) is 0 Å². The first kappa shape index (κ1) is 6.06. The zero-order valence-corrected chi connectivity index (χ0v) is 4.79. The molecule has 0 radical (unpaired) electrons. The summed E-state index contributed by atoms with van der Waals surface area (Å²) in [7, 11) is 0. The van der Waals surface area contributed by atoms with Crippen LogP contribution in [0.3, 0.4) is 0 Å². The van der Waals surface area contributed by atoms with Crippen LogP contribution in [0.4, 0.5) is 0 Å². The third-order valence-corrected chi connectivity index (χ3v) is 1.06. The van der Waals surface area contributed by atoms with Gasteiger partial charge in [0, 0.05) is 6.20 Å². The summed E-state index contributed by atoms with van der Waals surface area (Å²) < 4.78 is 0. The minimum atomic E-state index is -0.435. The Balaban J connectivity index is 2.55. The van der Waals surface area contributed by atoms with Crippen molar-refractivity contribution in [1.82, 2.24) is 10.5 Å². The molecule has 0 aromatic heterocycles. The molecule has 0 aliphatic carbocycles. The summed E-state index contributed by atoms with van der Waals surface area (Å²) in [5.74, 6) is 4.79. The van der Waals surface area contributed by atoms with Crippen molar-refractivity contribution in [1.29, 1.82) is 0 Å². The zero-order chi connectivity index (χ0) is 6.85. The average molecular weight is 128 g/mol. The molecule has 1 aliphatic heterocycles. The summed E-state index contributed by atoms with van der Waals surface area (Å²) in [4.78, 5) is 10.4. The van der Waals surface area contributed by atoms with Crippen LogP contribution in [0, 0.1) is 0 Å². The van der Waals surface area contributed by atoms with Gasteiger partial charge in [-0.05, 0) is 0 Å².